The standard InChI is InChI=1S/C30H52O3/c1-19(2)10-9-14-30(8,33)20-11-16-29(7)25(20)21(31)18-23-27(5)15-13-24(32)26(3,4)22(27)12-17-28(23,29)6/h10,20-25,31-33H,9,11-18H2,1-8H3/t20?,21-,22?,23?,24?,25?,27+,28-,29-,30+/m1/s1. The van der Waals surface area contributed by atoms with Gasteiger partial charge in [-0.2, -0.15) is 0 Å². The lowest BCUT2D eigenvalue weighted by Gasteiger charge is -2.70. The summed E-state index contributed by atoms with van der Waals surface area (Å²) >= 11 is 0. The Kier molecular flexibility index (Phi) is 6.28. The van der Waals surface area contributed by atoms with Crippen molar-refractivity contribution in [3.8, 4) is 0 Å². The van der Waals surface area contributed by atoms with Crippen molar-refractivity contribution in [2.75, 3.05) is 0 Å². The Morgan fingerprint density at radius 3 is 2.18 bits per heavy atom. The average Bonchev–Trinajstić information content (AvgIpc) is 3.08. The summed E-state index contributed by atoms with van der Waals surface area (Å²) in [6, 6.07) is 0. The van der Waals surface area contributed by atoms with Crippen LogP contribution in [0.25, 0.3) is 0 Å². The highest BCUT2D eigenvalue weighted by molar-refractivity contribution is 5.20. The van der Waals surface area contributed by atoms with E-state index in [0.717, 1.165) is 44.9 Å². The van der Waals surface area contributed by atoms with Crippen LogP contribution >= 0.6 is 0 Å². The fraction of sp³-hybridized carbons (Fsp3) is 0.933. The normalized spacial score (nSPS) is 50.5. The van der Waals surface area contributed by atoms with Crippen molar-refractivity contribution in [3.63, 3.8) is 0 Å². The summed E-state index contributed by atoms with van der Waals surface area (Å²) in [5.74, 6) is 1.31. The van der Waals surface area contributed by atoms with Crippen molar-refractivity contribution in [3.05, 3.63) is 11.6 Å². The van der Waals surface area contributed by atoms with Gasteiger partial charge in [-0.25, -0.2) is 0 Å². The molecule has 0 amide bonds. The highest BCUT2D eigenvalue weighted by atomic mass is 16.3. The minimum Gasteiger partial charge on any atom is -0.393 e. The molecule has 0 aromatic heterocycles. The molecule has 0 aliphatic heterocycles. The fourth-order valence-corrected chi connectivity index (χ4v) is 10.3. The quantitative estimate of drug-likeness (QED) is 0.420. The predicted octanol–water partition coefficient (Wildman–Crippen LogP) is 6.50. The third-order valence-corrected chi connectivity index (χ3v) is 12.4. The highest BCUT2D eigenvalue weighted by Gasteiger charge is 2.71. The zero-order chi connectivity index (χ0) is 24.6. The van der Waals surface area contributed by atoms with Crippen LogP contribution in [0.2, 0.25) is 0 Å². The van der Waals surface area contributed by atoms with Gasteiger partial charge in [-0.1, -0.05) is 46.3 Å². The number of fused-ring (bicyclic) bond motifs is 5. The molecule has 0 spiro atoms. The van der Waals surface area contributed by atoms with E-state index in [-0.39, 0.29) is 45.7 Å². The number of aliphatic hydroxyl groups is 3. The van der Waals surface area contributed by atoms with Gasteiger partial charge in [0.1, 0.15) is 0 Å². The molecule has 10 atom stereocenters. The summed E-state index contributed by atoms with van der Waals surface area (Å²) in [4.78, 5) is 0. The van der Waals surface area contributed by atoms with Crippen molar-refractivity contribution in [1.82, 2.24) is 0 Å². The van der Waals surface area contributed by atoms with Gasteiger partial charge in [-0.15, -0.1) is 0 Å². The molecule has 0 aromatic carbocycles. The van der Waals surface area contributed by atoms with E-state index in [2.05, 4.69) is 54.5 Å². The molecule has 0 bridgehead atoms. The molecule has 3 heteroatoms. The molecule has 4 aliphatic carbocycles. The molecule has 33 heavy (non-hydrogen) atoms. The van der Waals surface area contributed by atoms with Gasteiger partial charge in [0.15, 0.2) is 0 Å². The van der Waals surface area contributed by atoms with E-state index in [1.807, 2.05) is 6.92 Å². The van der Waals surface area contributed by atoms with E-state index in [1.54, 1.807) is 0 Å². The third-order valence-electron chi connectivity index (χ3n) is 12.4. The van der Waals surface area contributed by atoms with Gasteiger partial charge in [0.05, 0.1) is 17.8 Å². The largest absolute Gasteiger partial charge is 0.393 e. The van der Waals surface area contributed by atoms with E-state index < -0.39 is 5.60 Å². The van der Waals surface area contributed by atoms with Crippen molar-refractivity contribution in [2.45, 2.75) is 131 Å². The summed E-state index contributed by atoms with van der Waals surface area (Å²) < 4.78 is 0. The minimum atomic E-state index is -0.739. The van der Waals surface area contributed by atoms with E-state index in [0.29, 0.717) is 11.8 Å². The van der Waals surface area contributed by atoms with Crippen molar-refractivity contribution in [1.29, 1.82) is 0 Å². The van der Waals surface area contributed by atoms with Gasteiger partial charge in [0.25, 0.3) is 0 Å². The van der Waals surface area contributed by atoms with E-state index in [9.17, 15) is 15.3 Å². The maximum atomic E-state index is 11.8. The number of aliphatic hydroxyl groups excluding tert-OH is 2. The van der Waals surface area contributed by atoms with Crippen LogP contribution in [0, 0.1) is 45.3 Å². The maximum absolute atomic E-state index is 11.8. The average molecular weight is 461 g/mol. The molecule has 0 saturated heterocycles. The molecular formula is C30H52O3. The van der Waals surface area contributed by atoms with Crippen LogP contribution in [0.1, 0.15) is 113 Å². The van der Waals surface area contributed by atoms with E-state index >= 15 is 0 Å². The molecule has 0 heterocycles. The summed E-state index contributed by atoms with van der Waals surface area (Å²) in [5.41, 5.74) is 0.885. The molecule has 4 saturated carbocycles. The lowest BCUT2D eigenvalue weighted by atomic mass is 9.35. The van der Waals surface area contributed by atoms with Crippen molar-refractivity contribution < 1.29 is 15.3 Å². The first-order valence-electron chi connectivity index (χ1n) is 13.8. The molecule has 4 aliphatic rings. The molecule has 0 radical (unpaired) electrons. The van der Waals surface area contributed by atoms with E-state index in [1.165, 1.54) is 18.4 Å². The Bertz CT molecular complexity index is 779. The van der Waals surface area contributed by atoms with Gasteiger partial charge < -0.3 is 15.3 Å². The van der Waals surface area contributed by atoms with Crippen LogP contribution in [0.4, 0.5) is 0 Å². The molecule has 4 rings (SSSR count). The molecule has 190 valence electrons. The lowest BCUT2D eigenvalue weighted by Crippen LogP contribution is -2.66. The fourth-order valence-electron chi connectivity index (χ4n) is 10.3. The summed E-state index contributed by atoms with van der Waals surface area (Å²) in [7, 11) is 0. The molecule has 5 unspecified atom stereocenters. The third kappa shape index (κ3) is 3.61. The van der Waals surface area contributed by atoms with Crippen LogP contribution in [-0.2, 0) is 0 Å². The Balaban J connectivity index is 1.66. The summed E-state index contributed by atoms with van der Waals surface area (Å²) in [5, 5.41) is 34.3. The van der Waals surface area contributed by atoms with Crippen LogP contribution in [0.15, 0.2) is 11.6 Å². The Morgan fingerprint density at radius 1 is 0.909 bits per heavy atom. The second-order valence-electron chi connectivity index (χ2n) is 14.5. The van der Waals surface area contributed by atoms with Crippen LogP contribution in [0.3, 0.4) is 0 Å². The van der Waals surface area contributed by atoms with Crippen LogP contribution < -0.4 is 0 Å². The predicted molar refractivity (Wildman–Crippen MR) is 136 cm³/mol. The number of allylic oxidation sites excluding steroid dienone is 2. The summed E-state index contributed by atoms with van der Waals surface area (Å²) in [6.07, 6.45) is 10.6. The first-order valence-corrected chi connectivity index (χ1v) is 13.8. The lowest BCUT2D eigenvalue weighted by molar-refractivity contribution is -0.246. The Hall–Kier alpha value is -0.380. The topological polar surface area (TPSA) is 60.7 Å². The molecule has 4 fully saturated rings. The van der Waals surface area contributed by atoms with Gasteiger partial charge in [0, 0.05) is 0 Å². The molecule has 3 N–H and O–H groups in total. The highest BCUT2D eigenvalue weighted by Crippen LogP contribution is 2.75. The van der Waals surface area contributed by atoms with Gasteiger partial charge >= 0.3 is 0 Å². The number of hydrogen-bond donors (Lipinski definition) is 3. The second kappa shape index (κ2) is 8.07. The first kappa shape index (κ1) is 25.7. The number of rotatable bonds is 4. The first-order chi connectivity index (χ1) is 15.1. The van der Waals surface area contributed by atoms with Crippen LogP contribution in [-0.4, -0.2) is 33.1 Å². The maximum Gasteiger partial charge on any atom is 0.0654 e. The SMILES string of the molecule is CC(C)=CCC[C@](C)(O)C1CC[C@]2(C)C1[C@H](O)CC1[C@@]3(C)CCC(O)C(C)(C)C3CC[C@]12C. The van der Waals surface area contributed by atoms with Gasteiger partial charge in [-0.05, 0) is 124 Å². The van der Waals surface area contributed by atoms with Gasteiger partial charge in [0.2, 0.25) is 0 Å². The zero-order valence-electron chi connectivity index (χ0n) is 22.7. The molecular weight excluding hydrogens is 408 g/mol. The van der Waals surface area contributed by atoms with Gasteiger partial charge in [-0.3, -0.25) is 0 Å². The van der Waals surface area contributed by atoms with Crippen molar-refractivity contribution >= 4 is 0 Å². The second-order valence-corrected chi connectivity index (χ2v) is 14.5. The smallest absolute Gasteiger partial charge is 0.0654 e. The van der Waals surface area contributed by atoms with Crippen molar-refractivity contribution in [2.24, 2.45) is 45.3 Å². The minimum absolute atomic E-state index is 0.0503. The van der Waals surface area contributed by atoms with Crippen LogP contribution in [0.5, 0.6) is 0 Å². The molecule has 3 nitrogen and oxygen atoms in total. The summed E-state index contributed by atoms with van der Waals surface area (Å²) in [6.45, 7) is 18.3. The Morgan fingerprint density at radius 2 is 1.55 bits per heavy atom. The number of hydrogen-bond acceptors (Lipinski definition) is 3. The van der Waals surface area contributed by atoms with E-state index in [4.69, 9.17) is 0 Å². The molecule has 0 aromatic rings. The zero-order valence-corrected chi connectivity index (χ0v) is 22.7. The Labute approximate surface area is 203 Å². The monoisotopic (exact) mass is 460 g/mol.